The van der Waals surface area contributed by atoms with Gasteiger partial charge in [0.1, 0.15) is 11.6 Å². The minimum Gasteiger partial charge on any atom is -0.506 e. The summed E-state index contributed by atoms with van der Waals surface area (Å²) in [5, 5.41) is 10.4. The van der Waals surface area contributed by atoms with E-state index in [0.29, 0.717) is 35.9 Å². The lowest BCUT2D eigenvalue weighted by atomic mass is 10.0. The Kier molecular flexibility index (Phi) is 4.49. The van der Waals surface area contributed by atoms with Crippen LogP contribution in [0.1, 0.15) is 16.8 Å². The Hall–Kier alpha value is -2.63. The average molecular weight is 368 g/mol. The zero-order valence-electron chi connectivity index (χ0n) is 14.1. The van der Waals surface area contributed by atoms with E-state index in [1.165, 1.54) is 0 Å². The molecular weight excluding hydrogens is 350 g/mol. The third-order valence-electron chi connectivity index (χ3n) is 4.66. The summed E-state index contributed by atoms with van der Waals surface area (Å²) in [5.74, 6) is 0.710. The summed E-state index contributed by atoms with van der Waals surface area (Å²) in [7, 11) is 0. The molecule has 1 aliphatic heterocycles. The summed E-state index contributed by atoms with van der Waals surface area (Å²) >= 11 is 5.98. The minimum absolute atomic E-state index is 0.103. The minimum atomic E-state index is -0.103. The molecule has 0 fully saturated rings. The van der Waals surface area contributed by atoms with E-state index in [1.807, 2.05) is 42.5 Å². The summed E-state index contributed by atoms with van der Waals surface area (Å²) in [6.07, 6.45) is 0.695. The van der Waals surface area contributed by atoms with Crippen molar-refractivity contribution in [3.8, 4) is 17.1 Å². The van der Waals surface area contributed by atoms with Crippen molar-refractivity contribution in [3.63, 3.8) is 0 Å². The van der Waals surface area contributed by atoms with Crippen LogP contribution < -0.4 is 5.56 Å². The second-order valence-electron chi connectivity index (χ2n) is 6.41. The van der Waals surface area contributed by atoms with Crippen LogP contribution in [-0.2, 0) is 19.5 Å². The lowest BCUT2D eigenvalue weighted by Crippen LogP contribution is -2.35. The van der Waals surface area contributed by atoms with Crippen molar-refractivity contribution < 1.29 is 5.11 Å². The molecule has 0 spiro atoms. The zero-order valence-corrected chi connectivity index (χ0v) is 14.8. The van der Waals surface area contributed by atoms with Crippen LogP contribution in [0.3, 0.4) is 0 Å². The molecule has 2 aromatic carbocycles. The highest BCUT2D eigenvalue weighted by Crippen LogP contribution is 2.29. The molecule has 2 heterocycles. The van der Waals surface area contributed by atoms with Crippen molar-refractivity contribution >= 4 is 11.6 Å². The summed E-state index contributed by atoms with van der Waals surface area (Å²) in [4.78, 5) is 22.3. The number of nitrogens with one attached hydrogen (secondary N) is 1. The van der Waals surface area contributed by atoms with E-state index in [2.05, 4.69) is 14.9 Å². The van der Waals surface area contributed by atoms with Crippen molar-refractivity contribution in [1.29, 1.82) is 0 Å². The highest BCUT2D eigenvalue weighted by atomic mass is 35.5. The van der Waals surface area contributed by atoms with Crippen molar-refractivity contribution in [2.75, 3.05) is 6.54 Å². The van der Waals surface area contributed by atoms with Gasteiger partial charge in [0.15, 0.2) is 0 Å². The lowest BCUT2D eigenvalue weighted by Gasteiger charge is -2.28. The van der Waals surface area contributed by atoms with Crippen LogP contribution in [-0.4, -0.2) is 26.5 Å². The summed E-state index contributed by atoms with van der Waals surface area (Å²) in [6.45, 7) is 1.80. The average Bonchev–Trinajstić information content (AvgIpc) is 2.66. The Labute approximate surface area is 155 Å². The number of halogens is 1. The Bertz CT molecular complexity index is 1000. The van der Waals surface area contributed by atoms with Crippen molar-refractivity contribution in [1.82, 2.24) is 14.9 Å². The first kappa shape index (κ1) is 16.8. The Morgan fingerprint density at radius 1 is 1.15 bits per heavy atom. The summed E-state index contributed by atoms with van der Waals surface area (Å²) in [5.41, 5.74) is 3.09. The topological polar surface area (TPSA) is 69.2 Å². The monoisotopic (exact) mass is 367 g/mol. The first-order chi connectivity index (χ1) is 12.6. The van der Waals surface area contributed by atoms with Gasteiger partial charge in [0.05, 0.1) is 16.3 Å². The van der Waals surface area contributed by atoms with Crippen molar-refractivity contribution in [2.45, 2.75) is 19.5 Å². The Morgan fingerprint density at radius 2 is 1.96 bits per heavy atom. The van der Waals surface area contributed by atoms with Gasteiger partial charge in [-0.1, -0.05) is 54.1 Å². The van der Waals surface area contributed by atoms with Crippen LogP contribution >= 0.6 is 11.6 Å². The fraction of sp³-hybridized carbons (Fsp3) is 0.200. The molecule has 0 amide bonds. The number of fused-ring (bicyclic) bond motifs is 1. The number of H-pyrrole nitrogens is 1. The van der Waals surface area contributed by atoms with Crippen LogP contribution in [0.25, 0.3) is 11.4 Å². The molecule has 0 saturated carbocycles. The molecule has 5 nitrogen and oxygen atoms in total. The smallest absolute Gasteiger partial charge is 0.255 e. The molecule has 0 saturated heterocycles. The molecule has 4 rings (SSSR count). The maximum absolute atomic E-state index is 12.6. The molecule has 132 valence electrons. The molecule has 0 atom stereocenters. The quantitative estimate of drug-likeness (QED) is 0.744. The van der Waals surface area contributed by atoms with E-state index in [1.54, 1.807) is 6.07 Å². The van der Waals surface area contributed by atoms with E-state index in [-0.39, 0.29) is 11.3 Å². The fourth-order valence-corrected chi connectivity index (χ4v) is 3.47. The number of benzene rings is 2. The molecule has 3 aromatic rings. The number of aromatic hydroxyl groups is 1. The van der Waals surface area contributed by atoms with Crippen LogP contribution in [0.4, 0.5) is 0 Å². The molecule has 0 aliphatic carbocycles. The number of phenols is 1. The van der Waals surface area contributed by atoms with Gasteiger partial charge >= 0.3 is 0 Å². The van der Waals surface area contributed by atoms with Crippen LogP contribution in [0.2, 0.25) is 5.02 Å². The Balaban J connectivity index is 1.60. The molecule has 1 aromatic heterocycles. The second kappa shape index (κ2) is 6.94. The fourth-order valence-electron chi connectivity index (χ4n) is 3.28. The largest absolute Gasteiger partial charge is 0.506 e. The molecular formula is C20H18ClN3O2. The lowest BCUT2D eigenvalue weighted by molar-refractivity contribution is 0.239. The van der Waals surface area contributed by atoms with Gasteiger partial charge in [-0.3, -0.25) is 9.69 Å². The zero-order chi connectivity index (χ0) is 18.1. The first-order valence-corrected chi connectivity index (χ1v) is 8.86. The van der Waals surface area contributed by atoms with Crippen molar-refractivity contribution in [3.05, 3.63) is 80.7 Å². The standard InChI is InChI=1S/C20H18ClN3O2/c21-16-8-4-7-14(18(16)25)11-24-10-9-17-15(12-24)20(26)23-19(22-17)13-5-2-1-3-6-13/h1-8,25H,9-12H2,(H,22,23,26). The van der Waals surface area contributed by atoms with E-state index in [0.717, 1.165) is 23.4 Å². The van der Waals surface area contributed by atoms with E-state index >= 15 is 0 Å². The van der Waals surface area contributed by atoms with Gasteiger partial charge in [-0.2, -0.15) is 0 Å². The van der Waals surface area contributed by atoms with Gasteiger partial charge in [-0.05, 0) is 6.07 Å². The number of para-hydroxylation sites is 1. The maximum Gasteiger partial charge on any atom is 0.255 e. The summed E-state index contributed by atoms with van der Waals surface area (Å²) < 4.78 is 0. The Morgan fingerprint density at radius 3 is 2.77 bits per heavy atom. The normalized spacial score (nSPS) is 14.2. The number of hydrogen-bond acceptors (Lipinski definition) is 4. The molecule has 0 bridgehead atoms. The van der Waals surface area contributed by atoms with Crippen LogP contribution in [0.5, 0.6) is 5.75 Å². The molecule has 26 heavy (non-hydrogen) atoms. The number of aromatic amines is 1. The first-order valence-electron chi connectivity index (χ1n) is 8.48. The number of rotatable bonds is 3. The summed E-state index contributed by atoms with van der Waals surface area (Å²) in [6, 6.07) is 15.0. The predicted octanol–water partition coefficient (Wildman–Crippen LogP) is 3.35. The highest BCUT2D eigenvalue weighted by molar-refractivity contribution is 6.32. The van der Waals surface area contributed by atoms with Gasteiger partial charge in [0, 0.05) is 37.2 Å². The van der Waals surface area contributed by atoms with Gasteiger partial charge in [-0.15, -0.1) is 0 Å². The number of nitrogens with zero attached hydrogens (tertiary/aromatic N) is 2. The van der Waals surface area contributed by atoms with Gasteiger partial charge in [-0.25, -0.2) is 4.98 Å². The van der Waals surface area contributed by atoms with Crippen LogP contribution in [0.15, 0.2) is 53.3 Å². The highest BCUT2D eigenvalue weighted by Gasteiger charge is 2.22. The van der Waals surface area contributed by atoms with Gasteiger partial charge in [0.2, 0.25) is 0 Å². The number of aromatic nitrogens is 2. The van der Waals surface area contributed by atoms with Crippen molar-refractivity contribution in [2.24, 2.45) is 0 Å². The number of hydrogen-bond donors (Lipinski definition) is 2. The van der Waals surface area contributed by atoms with E-state index in [9.17, 15) is 9.90 Å². The SMILES string of the molecule is O=c1[nH]c(-c2ccccc2)nc2c1CN(Cc1cccc(Cl)c1O)CC2. The maximum atomic E-state index is 12.6. The molecule has 0 unspecified atom stereocenters. The van der Waals surface area contributed by atoms with Gasteiger partial charge < -0.3 is 10.1 Å². The second-order valence-corrected chi connectivity index (χ2v) is 6.82. The molecule has 2 N–H and O–H groups in total. The van der Waals surface area contributed by atoms with E-state index < -0.39 is 0 Å². The van der Waals surface area contributed by atoms with E-state index in [4.69, 9.17) is 11.6 Å². The third kappa shape index (κ3) is 3.23. The third-order valence-corrected chi connectivity index (χ3v) is 4.96. The molecule has 6 heteroatoms. The van der Waals surface area contributed by atoms with Crippen LogP contribution in [0, 0.1) is 0 Å². The number of phenolic OH excluding ortho intramolecular Hbond substituents is 1. The predicted molar refractivity (Wildman–Crippen MR) is 101 cm³/mol. The van der Waals surface area contributed by atoms with Gasteiger partial charge in [0.25, 0.3) is 5.56 Å². The molecule has 1 aliphatic rings. The molecule has 0 radical (unpaired) electrons.